The number of nitrogens with one attached hydrogen (secondary N) is 1. The molecular weight excluding hydrogens is 250 g/mol. The summed E-state index contributed by atoms with van der Waals surface area (Å²) in [4.78, 5) is 14.6. The number of amides is 1. The molecule has 0 saturated carbocycles. The van der Waals surface area contributed by atoms with E-state index in [1.165, 1.54) is 25.9 Å². The first kappa shape index (κ1) is 15.0. The third-order valence-electron chi connectivity index (χ3n) is 3.90. The molecule has 1 unspecified atom stereocenters. The van der Waals surface area contributed by atoms with E-state index in [0.29, 0.717) is 6.54 Å². The minimum Gasteiger partial charge on any atom is -0.355 e. The number of benzene rings is 1. The Morgan fingerprint density at radius 3 is 2.60 bits per heavy atom. The van der Waals surface area contributed by atoms with Crippen molar-refractivity contribution in [2.45, 2.75) is 25.2 Å². The number of nitrogens with two attached hydrogens (primary N) is 1. The highest BCUT2D eigenvalue weighted by Gasteiger charge is 2.18. The van der Waals surface area contributed by atoms with Crippen LogP contribution in [0.1, 0.15) is 30.7 Å². The number of hydrogen-bond donors (Lipinski definition) is 2. The highest BCUT2D eigenvalue weighted by atomic mass is 16.1. The molecule has 20 heavy (non-hydrogen) atoms. The highest BCUT2D eigenvalue weighted by molar-refractivity contribution is 5.83. The molecule has 0 aromatic heterocycles. The Morgan fingerprint density at radius 1 is 1.25 bits per heavy atom. The summed E-state index contributed by atoms with van der Waals surface area (Å²) in [7, 11) is 0. The lowest BCUT2D eigenvalue weighted by Gasteiger charge is -2.17. The lowest BCUT2D eigenvalue weighted by atomic mass is 9.98. The lowest BCUT2D eigenvalue weighted by molar-refractivity contribution is -0.122. The maximum atomic E-state index is 12.2. The summed E-state index contributed by atoms with van der Waals surface area (Å²) in [6.07, 6.45) is 3.64. The molecule has 1 saturated heterocycles. The van der Waals surface area contributed by atoms with Crippen LogP contribution in [0, 0.1) is 0 Å². The van der Waals surface area contributed by atoms with E-state index in [4.69, 9.17) is 5.73 Å². The van der Waals surface area contributed by atoms with Crippen molar-refractivity contribution in [2.75, 3.05) is 32.7 Å². The summed E-state index contributed by atoms with van der Waals surface area (Å²) in [6.45, 7) is 4.59. The van der Waals surface area contributed by atoms with Crippen molar-refractivity contribution in [1.82, 2.24) is 10.2 Å². The molecule has 0 aliphatic carbocycles. The monoisotopic (exact) mass is 275 g/mol. The summed E-state index contributed by atoms with van der Waals surface area (Å²) in [5.74, 6) is -0.192. The van der Waals surface area contributed by atoms with Gasteiger partial charge in [-0.25, -0.2) is 0 Å². The second-order valence-corrected chi connectivity index (χ2v) is 5.39. The maximum Gasteiger partial charge on any atom is 0.228 e. The van der Waals surface area contributed by atoms with E-state index in [2.05, 4.69) is 10.2 Å². The van der Waals surface area contributed by atoms with Gasteiger partial charge in [0.1, 0.15) is 0 Å². The number of carbonyl (C=O) groups excluding carboxylic acids is 1. The molecular formula is C16H25N3O. The third kappa shape index (κ3) is 4.32. The average Bonchev–Trinajstić information content (AvgIpc) is 2.99. The van der Waals surface area contributed by atoms with Crippen molar-refractivity contribution >= 4 is 5.91 Å². The van der Waals surface area contributed by atoms with Crippen LogP contribution in [-0.4, -0.2) is 43.5 Å². The minimum atomic E-state index is -0.233. The van der Waals surface area contributed by atoms with E-state index >= 15 is 0 Å². The second kappa shape index (κ2) is 8.02. The van der Waals surface area contributed by atoms with E-state index in [1.807, 2.05) is 30.3 Å². The van der Waals surface area contributed by atoms with Crippen LogP contribution in [0.5, 0.6) is 0 Å². The molecule has 0 bridgehead atoms. The Kier molecular flexibility index (Phi) is 6.02. The fraction of sp³-hybridized carbons (Fsp3) is 0.562. The van der Waals surface area contributed by atoms with E-state index in [1.54, 1.807) is 0 Å². The zero-order valence-corrected chi connectivity index (χ0v) is 12.1. The van der Waals surface area contributed by atoms with Crippen LogP contribution < -0.4 is 11.1 Å². The van der Waals surface area contributed by atoms with Crippen molar-refractivity contribution in [3.8, 4) is 0 Å². The van der Waals surface area contributed by atoms with Crippen LogP contribution in [0.3, 0.4) is 0 Å². The summed E-state index contributed by atoms with van der Waals surface area (Å²) in [5, 5.41) is 3.01. The van der Waals surface area contributed by atoms with E-state index in [-0.39, 0.29) is 11.8 Å². The molecule has 4 nitrogen and oxygen atoms in total. The van der Waals surface area contributed by atoms with Crippen LogP contribution in [0.15, 0.2) is 30.3 Å². The van der Waals surface area contributed by atoms with Gasteiger partial charge in [-0.3, -0.25) is 4.79 Å². The summed E-state index contributed by atoms with van der Waals surface area (Å²) < 4.78 is 0. The highest BCUT2D eigenvalue weighted by Crippen LogP contribution is 2.14. The number of nitrogens with zero attached hydrogens (tertiary/aromatic N) is 1. The first-order chi connectivity index (χ1) is 9.81. The largest absolute Gasteiger partial charge is 0.355 e. The molecule has 1 fully saturated rings. The van der Waals surface area contributed by atoms with Gasteiger partial charge in [-0.2, -0.15) is 0 Å². The SMILES string of the molecule is NCC(C(=O)NCCCN1CCCC1)c1ccccc1. The van der Waals surface area contributed by atoms with Gasteiger partial charge in [0.05, 0.1) is 5.92 Å². The van der Waals surface area contributed by atoms with Crippen molar-refractivity contribution in [3.05, 3.63) is 35.9 Å². The standard InChI is InChI=1S/C16H25N3O/c17-13-15(14-7-2-1-3-8-14)16(20)18-9-6-12-19-10-4-5-11-19/h1-3,7-8,15H,4-6,9-13,17H2,(H,18,20). The number of rotatable bonds is 7. The van der Waals surface area contributed by atoms with Crippen LogP contribution in [0.2, 0.25) is 0 Å². The molecule has 1 aromatic carbocycles. The van der Waals surface area contributed by atoms with Gasteiger partial charge in [0.2, 0.25) is 5.91 Å². The van der Waals surface area contributed by atoms with Gasteiger partial charge in [-0.1, -0.05) is 30.3 Å². The predicted octanol–water partition coefficient (Wildman–Crippen LogP) is 1.33. The van der Waals surface area contributed by atoms with E-state index in [9.17, 15) is 4.79 Å². The first-order valence-corrected chi connectivity index (χ1v) is 7.56. The van der Waals surface area contributed by atoms with Crippen molar-refractivity contribution in [3.63, 3.8) is 0 Å². The van der Waals surface area contributed by atoms with Crippen LogP contribution in [0.4, 0.5) is 0 Å². The van der Waals surface area contributed by atoms with Gasteiger partial charge in [0, 0.05) is 13.1 Å². The second-order valence-electron chi connectivity index (χ2n) is 5.39. The van der Waals surface area contributed by atoms with E-state index in [0.717, 1.165) is 25.1 Å². The van der Waals surface area contributed by atoms with Crippen LogP contribution >= 0.6 is 0 Å². The van der Waals surface area contributed by atoms with Gasteiger partial charge in [0.25, 0.3) is 0 Å². The molecule has 0 radical (unpaired) electrons. The zero-order chi connectivity index (χ0) is 14.2. The van der Waals surface area contributed by atoms with Gasteiger partial charge < -0.3 is 16.0 Å². The molecule has 1 amide bonds. The number of likely N-dealkylation sites (tertiary alicyclic amines) is 1. The molecule has 4 heteroatoms. The smallest absolute Gasteiger partial charge is 0.228 e. The van der Waals surface area contributed by atoms with Crippen molar-refractivity contribution in [2.24, 2.45) is 5.73 Å². The molecule has 1 aliphatic heterocycles. The molecule has 0 spiro atoms. The molecule has 1 aliphatic rings. The molecule has 3 N–H and O–H groups in total. The fourth-order valence-corrected chi connectivity index (χ4v) is 2.72. The van der Waals surface area contributed by atoms with Gasteiger partial charge in [-0.05, 0) is 44.5 Å². The Morgan fingerprint density at radius 2 is 1.95 bits per heavy atom. The number of carbonyl (C=O) groups is 1. The van der Waals surface area contributed by atoms with Crippen LogP contribution in [-0.2, 0) is 4.79 Å². The van der Waals surface area contributed by atoms with E-state index < -0.39 is 0 Å². The summed E-state index contributed by atoms with van der Waals surface area (Å²) >= 11 is 0. The topological polar surface area (TPSA) is 58.4 Å². The number of hydrogen-bond acceptors (Lipinski definition) is 3. The Hall–Kier alpha value is -1.39. The Bertz CT molecular complexity index is 401. The molecule has 1 heterocycles. The molecule has 1 aromatic rings. The van der Waals surface area contributed by atoms with Gasteiger partial charge in [0.15, 0.2) is 0 Å². The lowest BCUT2D eigenvalue weighted by Crippen LogP contribution is -2.35. The van der Waals surface area contributed by atoms with Crippen molar-refractivity contribution < 1.29 is 4.79 Å². The third-order valence-corrected chi connectivity index (χ3v) is 3.90. The minimum absolute atomic E-state index is 0.0418. The summed E-state index contributed by atoms with van der Waals surface area (Å²) in [5.41, 5.74) is 6.73. The summed E-state index contributed by atoms with van der Waals surface area (Å²) in [6, 6.07) is 9.75. The zero-order valence-electron chi connectivity index (χ0n) is 12.1. The van der Waals surface area contributed by atoms with Gasteiger partial charge >= 0.3 is 0 Å². The van der Waals surface area contributed by atoms with Gasteiger partial charge in [-0.15, -0.1) is 0 Å². The fourth-order valence-electron chi connectivity index (χ4n) is 2.72. The van der Waals surface area contributed by atoms with Crippen molar-refractivity contribution in [1.29, 1.82) is 0 Å². The Balaban J connectivity index is 1.72. The predicted molar refractivity (Wildman–Crippen MR) is 81.5 cm³/mol. The quantitative estimate of drug-likeness (QED) is 0.738. The molecule has 2 rings (SSSR count). The molecule has 1 atom stereocenters. The average molecular weight is 275 g/mol. The normalized spacial score (nSPS) is 17.1. The first-order valence-electron chi connectivity index (χ1n) is 7.56. The maximum absolute atomic E-state index is 12.2. The Labute approximate surface area is 121 Å². The van der Waals surface area contributed by atoms with Crippen LogP contribution in [0.25, 0.3) is 0 Å². The molecule has 110 valence electrons.